The molecular weight excluding hydrogens is 296 g/mol. The SMILES string of the molecule is O=S(=O)(Cc1ccccc1)NCCc1ccc(F)cc1F. The fourth-order valence-corrected chi connectivity index (χ4v) is 3.06. The molecular formula is C15H15F2NO2S. The Morgan fingerprint density at radius 1 is 1.00 bits per heavy atom. The minimum absolute atomic E-state index is 0.0672. The summed E-state index contributed by atoms with van der Waals surface area (Å²) in [5, 5.41) is 0. The first kappa shape index (κ1) is 15.6. The van der Waals surface area contributed by atoms with Crippen LogP contribution in [0.5, 0.6) is 0 Å². The van der Waals surface area contributed by atoms with E-state index in [1.54, 1.807) is 30.3 Å². The second kappa shape index (κ2) is 6.78. The minimum Gasteiger partial charge on any atom is -0.215 e. The van der Waals surface area contributed by atoms with Gasteiger partial charge >= 0.3 is 0 Å². The third kappa shape index (κ3) is 4.91. The molecule has 1 N–H and O–H groups in total. The highest BCUT2D eigenvalue weighted by Crippen LogP contribution is 2.10. The molecule has 0 fully saturated rings. The zero-order valence-electron chi connectivity index (χ0n) is 11.2. The molecule has 2 aromatic carbocycles. The minimum atomic E-state index is -3.47. The predicted molar refractivity (Wildman–Crippen MR) is 77.1 cm³/mol. The van der Waals surface area contributed by atoms with Gasteiger partial charge in [0.15, 0.2) is 0 Å². The van der Waals surface area contributed by atoms with Crippen molar-refractivity contribution in [2.45, 2.75) is 12.2 Å². The number of nitrogens with one attached hydrogen (secondary N) is 1. The van der Waals surface area contributed by atoms with E-state index in [0.29, 0.717) is 5.56 Å². The third-order valence-electron chi connectivity index (χ3n) is 2.93. The summed E-state index contributed by atoms with van der Waals surface area (Å²) in [6.45, 7) is 0.0672. The molecule has 0 atom stereocenters. The summed E-state index contributed by atoms with van der Waals surface area (Å²) in [7, 11) is -3.47. The van der Waals surface area contributed by atoms with Gasteiger partial charge in [0.25, 0.3) is 0 Å². The Morgan fingerprint density at radius 3 is 2.38 bits per heavy atom. The second-order valence-corrected chi connectivity index (χ2v) is 6.43. The van der Waals surface area contributed by atoms with E-state index < -0.39 is 21.7 Å². The lowest BCUT2D eigenvalue weighted by Crippen LogP contribution is -2.27. The topological polar surface area (TPSA) is 46.2 Å². The van der Waals surface area contributed by atoms with Crippen molar-refractivity contribution >= 4 is 10.0 Å². The molecule has 0 bridgehead atoms. The molecule has 0 spiro atoms. The molecule has 0 aliphatic rings. The molecule has 0 radical (unpaired) electrons. The van der Waals surface area contributed by atoms with Crippen LogP contribution in [-0.2, 0) is 22.2 Å². The molecule has 3 nitrogen and oxygen atoms in total. The smallest absolute Gasteiger partial charge is 0.215 e. The van der Waals surface area contributed by atoms with E-state index in [4.69, 9.17) is 0 Å². The highest BCUT2D eigenvalue weighted by atomic mass is 32.2. The number of benzene rings is 2. The fourth-order valence-electron chi connectivity index (χ4n) is 1.91. The van der Waals surface area contributed by atoms with Gasteiger partial charge in [-0.15, -0.1) is 0 Å². The highest BCUT2D eigenvalue weighted by Gasteiger charge is 2.11. The largest absolute Gasteiger partial charge is 0.215 e. The van der Waals surface area contributed by atoms with Crippen molar-refractivity contribution in [1.82, 2.24) is 4.72 Å². The molecule has 2 rings (SSSR count). The van der Waals surface area contributed by atoms with Crippen LogP contribution in [0.25, 0.3) is 0 Å². The van der Waals surface area contributed by atoms with Crippen LogP contribution in [0.2, 0.25) is 0 Å². The lowest BCUT2D eigenvalue weighted by molar-refractivity contribution is 0.565. The molecule has 0 saturated carbocycles. The van der Waals surface area contributed by atoms with Gasteiger partial charge in [0, 0.05) is 12.6 Å². The first-order valence-electron chi connectivity index (χ1n) is 6.41. The van der Waals surface area contributed by atoms with E-state index in [1.807, 2.05) is 0 Å². The van der Waals surface area contributed by atoms with Crippen LogP contribution in [-0.4, -0.2) is 15.0 Å². The van der Waals surface area contributed by atoms with Crippen molar-refractivity contribution in [2.75, 3.05) is 6.54 Å². The van der Waals surface area contributed by atoms with E-state index in [9.17, 15) is 17.2 Å². The van der Waals surface area contributed by atoms with Crippen molar-refractivity contribution in [3.05, 3.63) is 71.3 Å². The number of hydrogen-bond acceptors (Lipinski definition) is 2. The molecule has 0 amide bonds. The summed E-state index contributed by atoms with van der Waals surface area (Å²) in [6.07, 6.45) is 0.167. The average molecular weight is 311 g/mol. The van der Waals surface area contributed by atoms with Gasteiger partial charge in [-0.1, -0.05) is 36.4 Å². The van der Waals surface area contributed by atoms with Gasteiger partial charge in [-0.25, -0.2) is 21.9 Å². The van der Waals surface area contributed by atoms with Crippen LogP contribution in [0.1, 0.15) is 11.1 Å². The van der Waals surface area contributed by atoms with E-state index in [0.717, 1.165) is 12.1 Å². The summed E-state index contributed by atoms with van der Waals surface area (Å²) in [6, 6.07) is 12.0. The maximum absolute atomic E-state index is 13.4. The van der Waals surface area contributed by atoms with E-state index >= 15 is 0 Å². The Bertz CT molecular complexity index is 703. The maximum atomic E-state index is 13.4. The van der Waals surface area contributed by atoms with E-state index in [-0.39, 0.29) is 24.3 Å². The first-order valence-corrected chi connectivity index (χ1v) is 8.07. The Labute approximate surface area is 122 Å². The lowest BCUT2D eigenvalue weighted by atomic mass is 10.1. The maximum Gasteiger partial charge on any atom is 0.215 e. The third-order valence-corrected chi connectivity index (χ3v) is 4.29. The van der Waals surface area contributed by atoms with Gasteiger partial charge in [-0.2, -0.15) is 0 Å². The number of rotatable bonds is 6. The summed E-state index contributed by atoms with van der Waals surface area (Å²) >= 11 is 0. The fraction of sp³-hybridized carbons (Fsp3) is 0.200. The molecule has 0 saturated heterocycles. The highest BCUT2D eigenvalue weighted by molar-refractivity contribution is 7.88. The average Bonchev–Trinajstić information content (AvgIpc) is 2.42. The monoisotopic (exact) mass is 311 g/mol. The molecule has 6 heteroatoms. The van der Waals surface area contributed by atoms with Crippen LogP contribution in [0.15, 0.2) is 48.5 Å². The van der Waals surface area contributed by atoms with Crippen LogP contribution in [0.3, 0.4) is 0 Å². The Balaban J connectivity index is 1.90. The van der Waals surface area contributed by atoms with Crippen LogP contribution < -0.4 is 4.72 Å². The second-order valence-electron chi connectivity index (χ2n) is 4.62. The van der Waals surface area contributed by atoms with Gasteiger partial charge in [0.2, 0.25) is 10.0 Å². The molecule has 112 valence electrons. The molecule has 0 heterocycles. The number of sulfonamides is 1. The molecule has 0 aliphatic carbocycles. The van der Waals surface area contributed by atoms with Crippen molar-refractivity contribution < 1.29 is 17.2 Å². The first-order chi connectivity index (χ1) is 9.96. The van der Waals surface area contributed by atoms with Gasteiger partial charge in [0.05, 0.1) is 5.75 Å². The van der Waals surface area contributed by atoms with Gasteiger partial charge in [-0.05, 0) is 23.6 Å². The summed E-state index contributed by atoms with van der Waals surface area (Å²) in [5.74, 6) is -1.45. The van der Waals surface area contributed by atoms with Gasteiger partial charge in [0.1, 0.15) is 11.6 Å². The Morgan fingerprint density at radius 2 is 1.71 bits per heavy atom. The lowest BCUT2D eigenvalue weighted by Gasteiger charge is -2.07. The summed E-state index contributed by atoms with van der Waals surface area (Å²) < 4.78 is 52.3. The van der Waals surface area contributed by atoms with Crippen molar-refractivity contribution in [1.29, 1.82) is 0 Å². The van der Waals surface area contributed by atoms with Gasteiger partial charge in [-0.3, -0.25) is 0 Å². The van der Waals surface area contributed by atoms with Crippen LogP contribution >= 0.6 is 0 Å². The summed E-state index contributed by atoms with van der Waals surface area (Å²) in [5.41, 5.74) is 0.955. The standard InChI is InChI=1S/C15H15F2NO2S/c16-14-7-6-13(15(17)10-14)8-9-18-21(19,20)11-12-4-2-1-3-5-12/h1-7,10,18H,8-9,11H2. The van der Waals surface area contributed by atoms with E-state index in [1.165, 1.54) is 6.07 Å². The molecule has 0 aromatic heterocycles. The molecule has 0 aliphatic heterocycles. The zero-order valence-corrected chi connectivity index (χ0v) is 12.0. The van der Waals surface area contributed by atoms with Crippen LogP contribution in [0.4, 0.5) is 8.78 Å². The number of halogens is 2. The molecule has 0 unspecified atom stereocenters. The zero-order chi connectivity index (χ0) is 15.3. The Hall–Kier alpha value is -1.79. The number of hydrogen-bond donors (Lipinski definition) is 1. The van der Waals surface area contributed by atoms with Gasteiger partial charge < -0.3 is 0 Å². The quantitative estimate of drug-likeness (QED) is 0.891. The van der Waals surface area contributed by atoms with E-state index in [2.05, 4.69) is 4.72 Å². The molecule has 21 heavy (non-hydrogen) atoms. The summed E-state index contributed by atoms with van der Waals surface area (Å²) in [4.78, 5) is 0. The van der Waals surface area contributed by atoms with Crippen LogP contribution in [0, 0.1) is 11.6 Å². The van der Waals surface area contributed by atoms with Crippen molar-refractivity contribution in [3.8, 4) is 0 Å². The van der Waals surface area contributed by atoms with Crippen molar-refractivity contribution in [3.63, 3.8) is 0 Å². The Kier molecular flexibility index (Phi) is 5.03. The normalized spacial score (nSPS) is 11.5. The van der Waals surface area contributed by atoms with Crippen molar-refractivity contribution in [2.24, 2.45) is 0 Å². The predicted octanol–water partition coefficient (Wildman–Crippen LogP) is 2.63. The molecule has 2 aromatic rings.